The molecule has 1 aliphatic carbocycles. The molecule has 4 aromatic rings. The lowest BCUT2D eigenvalue weighted by molar-refractivity contribution is 0.660. The van der Waals surface area contributed by atoms with Crippen molar-refractivity contribution in [3.63, 3.8) is 0 Å². The summed E-state index contributed by atoms with van der Waals surface area (Å²) in [4.78, 5) is 9.21. The van der Waals surface area contributed by atoms with E-state index in [1.165, 1.54) is 22.3 Å². The number of hydrogen-bond acceptors (Lipinski definition) is 2. The fourth-order valence-electron chi connectivity index (χ4n) is 4.16. The lowest BCUT2D eigenvalue weighted by Gasteiger charge is -2.21. The van der Waals surface area contributed by atoms with Crippen LogP contribution in [-0.4, -0.2) is 9.97 Å². The van der Waals surface area contributed by atoms with E-state index in [9.17, 15) is 0 Å². The van der Waals surface area contributed by atoms with E-state index in [-0.39, 0.29) is 5.41 Å². The highest BCUT2D eigenvalue weighted by Crippen LogP contribution is 2.49. The van der Waals surface area contributed by atoms with Crippen LogP contribution in [-0.2, 0) is 5.41 Å². The molecule has 136 valence electrons. The van der Waals surface area contributed by atoms with Crippen LogP contribution in [0.4, 0.5) is 0 Å². The van der Waals surface area contributed by atoms with Gasteiger partial charge in [-0.1, -0.05) is 92.2 Å². The van der Waals surface area contributed by atoms with E-state index in [1.807, 2.05) is 36.4 Å². The van der Waals surface area contributed by atoms with Gasteiger partial charge in [-0.05, 0) is 28.3 Å². The summed E-state index contributed by atoms with van der Waals surface area (Å²) in [6, 6.07) is 27.0. The molecular formula is C25H19ClN2. The summed E-state index contributed by atoms with van der Waals surface area (Å²) in [5.74, 6) is 0.643. The zero-order valence-corrected chi connectivity index (χ0v) is 16.5. The van der Waals surface area contributed by atoms with E-state index >= 15 is 0 Å². The Kier molecular flexibility index (Phi) is 3.85. The number of hydrogen-bond donors (Lipinski definition) is 0. The molecule has 1 aliphatic rings. The number of rotatable bonds is 2. The Labute approximate surface area is 169 Å². The predicted molar refractivity (Wildman–Crippen MR) is 115 cm³/mol. The molecule has 0 bridgehead atoms. The molecule has 3 aromatic carbocycles. The van der Waals surface area contributed by atoms with Crippen molar-refractivity contribution in [3.05, 3.63) is 95.1 Å². The SMILES string of the molecule is CC1(C)c2ccccc2-c2cc(-c3cc(Cl)nc(-c4ccccc4)n3)ccc21. The maximum Gasteiger partial charge on any atom is 0.161 e. The molecule has 0 amide bonds. The molecule has 0 spiro atoms. The summed E-state index contributed by atoms with van der Waals surface area (Å²) in [5, 5.41) is 0.449. The van der Waals surface area contributed by atoms with Crippen LogP contribution >= 0.6 is 11.6 Å². The van der Waals surface area contributed by atoms with E-state index in [0.717, 1.165) is 16.8 Å². The first-order valence-electron chi connectivity index (χ1n) is 9.39. The molecule has 1 aromatic heterocycles. The molecule has 0 saturated carbocycles. The average Bonchev–Trinajstić information content (AvgIpc) is 2.95. The van der Waals surface area contributed by atoms with Crippen LogP contribution in [0.1, 0.15) is 25.0 Å². The van der Waals surface area contributed by atoms with Gasteiger partial charge in [0.1, 0.15) is 5.15 Å². The molecule has 0 saturated heterocycles. The van der Waals surface area contributed by atoms with Crippen molar-refractivity contribution in [2.75, 3.05) is 0 Å². The number of halogens is 1. The third kappa shape index (κ3) is 2.64. The van der Waals surface area contributed by atoms with Crippen LogP contribution in [0, 0.1) is 0 Å². The summed E-state index contributed by atoms with van der Waals surface area (Å²) in [5.41, 5.74) is 8.13. The first-order valence-corrected chi connectivity index (χ1v) is 9.76. The molecule has 0 atom stereocenters. The topological polar surface area (TPSA) is 25.8 Å². The zero-order valence-electron chi connectivity index (χ0n) is 15.8. The minimum atomic E-state index is 0.00295. The number of benzene rings is 3. The molecule has 2 nitrogen and oxygen atoms in total. The van der Waals surface area contributed by atoms with E-state index in [2.05, 4.69) is 61.3 Å². The lowest BCUT2D eigenvalue weighted by Crippen LogP contribution is -2.14. The van der Waals surface area contributed by atoms with Crippen molar-refractivity contribution in [3.8, 4) is 33.8 Å². The van der Waals surface area contributed by atoms with Crippen molar-refractivity contribution in [2.24, 2.45) is 0 Å². The lowest BCUT2D eigenvalue weighted by atomic mass is 9.82. The Morgan fingerprint density at radius 3 is 2.21 bits per heavy atom. The minimum absolute atomic E-state index is 0.00295. The minimum Gasteiger partial charge on any atom is -0.228 e. The van der Waals surface area contributed by atoms with Gasteiger partial charge in [-0.2, -0.15) is 0 Å². The zero-order chi connectivity index (χ0) is 19.3. The Bertz CT molecular complexity index is 1200. The predicted octanol–water partition coefficient (Wildman–Crippen LogP) is 6.77. The van der Waals surface area contributed by atoms with Crippen molar-refractivity contribution in [1.29, 1.82) is 0 Å². The smallest absolute Gasteiger partial charge is 0.161 e. The highest BCUT2D eigenvalue weighted by atomic mass is 35.5. The highest BCUT2D eigenvalue weighted by Gasteiger charge is 2.35. The average molecular weight is 383 g/mol. The molecule has 5 rings (SSSR count). The van der Waals surface area contributed by atoms with Gasteiger partial charge in [-0.25, -0.2) is 9.97 Å². The second-order valence-electron chi connectivity index (χ2n) is 7.70. The van der Waals surface area contributed by atoms with Crippen LogP contribution in [0.3, 0.4) is 0 Å². The molecule has 0 N–H and O–H groups in total. The first kappa shape index (κ1) is 17.2. The van der Waals surface area contributed by atoms with E-state index in [1.54, 1.807) is 0 Å². The van der Waals surface area contributed by atoms with Crippen LogP contribution in [0.2, 0.25) is 5.15 Å². The largest absolute Gasteiger partial charge is 0.228 e. The summed E-state index contributed by atoms with van der Waals surface area (Å²) < 4.78 is 0. The number of fused-ring (bicyclic) bond motifs is 3. The van der Waals surface area contributed by atoms with E-state index in [0.29, 0.717) is 11.0 Å². The Morgan fingerprint density at radius 1 is 0.679 bits per heavy atom. The molecule has 0 unspecified atom stereocenters. The summed E-state index contributed by atoms with van der Waals surface area (Å²) in [6.07, 6.45) is 0. The molecule has 0 radical (unpaired) electrons. The van der Waals surface area contributed by atoms with Crippen LogP contribution in [0.25, 0.3) is 33.8 Å². The molecule has 3 heteroatoms. The van der Waals surface area contributed by atoms with Crippen molar-refractivity contribution >= 4 is 11.6 Å². The summed E-state index contributed by atoms with van der Waals surface area (Å²) in [7, 11) is 0. The van der Waals surface area contributed by atoms with Gasteiger partial charge in [0.15, 0.2) is 5.82 Å². The third-order valence-electron chi connectivity index (χ3n) is 5.61. The van der Waals surface area contributed by atoms with Crippen molar-refractivity contribution in [1.82, 2.24) is 9.97 Å². The summed E-state index contributed by atoms with van der Waals surface area (Å²) in [6.45, 7) is 4.57. The van der Waals surface area contributed by atoms with Crippen LogP contribution in [0.5, 0.6) is 0 Å². The normalized spacial score (nSPS) is 13.8. The standard InChI is InChI=1S/C25H19ClN2/c1-25(2)20-11-7-6-10-18(20)19-14-17(12-13-21(19)25)22-15-23(26)28-24(27-22)16-8-4-3-5-9-16/h3-15H,1-2H3. The molecule has 0 fully saturated rings. The third-order valence-corrected chi connectivity index (χ3v) is 5.80. The van der Waals surface area contributed by atoms with Crippen molar-refractivity contribution < 1.29 is 0 Å². The molecule has 1 heterocycles. The van der Waals surface area contributed by atoms with Gasteiger partial charge in [0.25, 0.3) is 0 Å². The Balaban J connectivity index is 1.67. The second kappa shape index (κ2) is 6.29. The van der Waals surface area contributed by atoms with E-state index < -0.39 is 0 Å². The van der Waals surface area contributed by atoms with Crippen molar-refractivity contribution in [2.45, 2.75) is 19.3 Å². The highest BCUT2D eigenvalue weighted by molar-refractivity contribution is 6.29. The molecular weight excluding hydrogens is 364 g/mol. The Hall–Kier alpha value is -2.97. The van der Waals surface area contributed by atoms with Gasteiger partial charge in [0.05, 0.1) is 5.69 Å². The number of nitrogens with zero attached hydrogens (tertiary/aromatic N) is 2. The summed E-state index contributed by atoms with van der Waals surface area (Å²) >= 11 is 6.34. The quantitative estimate of drug-likeness (QED) is 0.357. The second-order valence-corrected chi connectivity index (χ2v) is 8.08. The number of aromatic nitrogens is 2. The van der Waals surface area contributed by atoms with Crippen LogP contribution in [0.15, 0.2) is 78.9 Å². The van der Waals surface area contributed by atoms with Gasteiger partial charge in [-0.3, -0.25) is 0 Å². The Morgan fingerprint density at radius 2 is 1.39 bits per heavy atom. The fourth-order valence-corrected chi connectivity index (χ4v) is 4.34. The fraction of sp³-hybridized carbons (Fsp3) is 0.120. The van der Waals surface area contributed by atoms with E-state index in [4.69, 9.17) is 16.6 Å². The maximum atomic E-state index is 6.34. The van der Waals surface area contributed by atoms with Gasteiger partial charge < -0.3 is 0 Å². The molecule has 0 aliphatic heterocycles. The van der Waals surface area contributed by atoms with Gasteiger partial charge >= 0.3 is 0 Å². The molecule has 28 heavy (non-hydrogen) atoms. The van der Waals surface area contributed by atoms with Crippen LogP contribution < -0.4 is 0 Å². The first-order chi connectivity index (χ1) is 13.5. The van der Waals surface area contributed by atoms with Gasteiger partial charge in [0, 0.05) is 22.6 Å². The monoisotopic (exact) mass is 382 g/mol. The van der Waals surface area contributed by atoms with Gasteiger partial charge in [-0.15, -0.1) is 0 Å². The van der Waals surface area contributed by atoms with Gasteiger partial charge in [0.2, 0.25) is 0 Å². The maximum absolute atomic E-state index is 6.34.